The Labute approximate surface area is 386 Å². The first-order valence-electron chi connectivity index (χ1n) is 23.4. The number of imidazole rings is 2. The lowest BCUT2D eigenvalue weighted by molar-refractivity contribution is -0.136. The van der Waals surface area contributed by atoms with Crippen molar-refractivity contribution in [2.75, 3.05) is 38.8 Å². The molecule has 5 N–H and O–H groups in total. The van der Waals surface area contributed by atoms with Crippen LogP contribution < -0.4 is 15.5 Å². The number of likely N-dealkylation sites (tertiary alicyclic amines) is 2. The Hall–Kier alpha value is -6.16. The van der Waals surface area contributed by atoms with Crippen LogP contribution in [-0.2, 0) is 24.5 Å². The molecule has 0 spiro atoms. The second-order valence-electron chi connectivity index (χ2n) is 19.5. The lowest BCUT2D eigenvalue weighted by Crippen LogP contribution is -2.51. The van der Waals surface area contributed by atoms with Crippen molar-refractivity contribution >= 4 is 51.8 Å². The van der Waals surface area contributed by atoms with Crippen molar-refractivity contribution in [2.24, 2.45) is 11.8 Å². The fourth-order valence-electron chi connectivity index (χ4n) is 10.2. The number of methoxy groups -OCH3 is 2. The van der Waals surface area contributed by atoms with Crippen molar-refractivity contribution in [3.05, 3.63) is 89.0 Å². The third kappa shape index (κ3) is 9.03. The summed E-state index contributed by atoms with van der Waals surface area (Å²) < 4.78 is 9.66. The number of nitrogens with zero attached hydrogens (tertiary/aromatic N) is 5. The lowest BCUT2D eigenvalue weighted by Gasteiger charge is -2.34. The first-order chi connectivity index (χ1) is 31.6. The Morgan fingerprint density at radius 1 is 0.682 bits per heavy atom. The van der Waals surface area contributed by atoms with E-state index < -0.39 is 29.7 Å². The monoisotopic (exact) mass is 904 g/mol. The van der Waals surface area contributed by atoms with Crippen LogP contribution in [0, 0.1) is 11.8 Å². The summed E-state index contributed by atoms with van der Waals surface area (Å²) in [7, 11) is 2.59. The summed E-state index contributed by atoms with van der Waals surface area (Å²) in [5.74, 6) is 0.897. The van der Waals surface area contributed by atoms with E-state index in [1.807, 2.05) is 51.3 Å². The van der Waals surface area contributed by atoms with Crippen LogP contribution >= 0.6 is 0 Å². The molecule has 66 heavy (non-hydrogen) atoms. The Morgan fingerprint density at radius 3 is 1.52 bits per heavy atom. The summed E-state index contributed by atoms with van der Waals surface area (Å²) in [5, 5.41) is 15.6. The molecule has 0 saturated carbocycles. The zero-order valence-corrected chi connectivity index (χ0v) is 39.4. The van der Waals surface area contributed by atoms with Gasteiger partial charge in [-0.25, -0.2) is 19.6 Å². The van der Waals surface area contributed by atoms with Gasteiger partial charge in [-0.1, -0.05) is 65.8 Å². The number of carbonyl (C=O) groups excluding carboxylic acids is 4. The number of hydrogen-bond acceptors (Lipinski definition) is 10. The van der Waals surface area contributed by atoms with Crippen LogP contribution in [-0.4, -0.2) is 105 Å². The molecule has 3 aliphatic heterocycles. The van der Waals surface area contributed by atoms with Crippen molar-refractivity contribution in [1.29, 1.82) is 0 Å². The molecule has 6 atom stereocenters. The minimum Gasteiger partial charge on any atom is -0.453 e. The molecule has 4 amide bonds. The minimum absolute atomic E-state index is 0.0159. The highest BCUT2D eigenvalue weighted by Crippen LogP contribution is 2.48. The molecule has 3 saturated heterocycles. The summed E-state index contributed by atoms with van der Waals surface area (Å²) >= 11 is 0. The number of carbonyl (C=O) groups is 4. The van der Waals surface area contributed by atoms with E-state index in [1.165, 1.54) is 14.2 Å². The summed E-state index contributed by atoms with van der Waals surface area (Å²) in [6.07, 6.45) is 3.68. The van der Waals surface area contributed by atoms with E-state index in [2.05, 4.69) is 86.2 Å². The van der Waals surface area contributed by atoms with E-state index in [0.29, 0.717) is 13.1 Å². The van der Waals surface area contributed by atoms with Crippen LogP contribution in [0.3, 0.4) is 0 Å². The number of ether oxygens (including phenoxy) is 2. The number of anilines is 1. The third-order valence-electron chi connectivity index (χ3n) is 14.0. The Bertz CT molecular complexity index is 2420. The van der Waals surface area contributed by atoms with Crippen LogP contribution in [0.5, 0.6) is 0 Å². The summed E-state index contributed by atoms with van der Waals surface area (Å²) in [5.41, 5.74) is 7.43. The zero-order chi connectivity index (χ0) is 47.0. The fourth-order valence-corrected chi connectivity index (χ4v) is 10.2. The summed E-state index contributed by atoms with van der Waals surface area (Å²) in [6.45, 7) is 12.9. The molecule has 0 radical (unpaired) electrons. The molecule has 5 aromatic rings. The number of benzene rings is 3. The molecule has 0 aliphatic carbocycles. The van der Waals surface area contributed by atoms with Gasteiger partial charge in [-0.3, -0.25) is 9.59 Å². The van der Waals surface area contributed by atoms with Crippen LogP contribution in [0.4, 0.5) is 15.3 Å². The first kappa shape index (κ1) is 46.4. The van der Waals surface area contributed by atoms with Crippen LogP contribution in [0.15, 0.2) is 60.7 Å². The van der Waals surface area contributed by atoms with Gasteiger partial charge >= 0.3 is 12.2 Å². The highest BCUT2D eigenvalue weighted by molar-refractivity contribution is 5.87. The topological polar surface area (TPSA) is 198 Å². The molecule has 3 aliphatic rings. The molecule has 2 aromatic heterocycles. The normalized spacial score (nSPS) is 21.0. The van der Waals surface area contributed by atoms with Crippen molar-refractivity contribution in [2.45, 2.75) is 122 Å². The number of aliphatic hydroxyl groups is 1. The first-order valence-corrected chi connectivity index (χ1v) is 23.4. The Kier molecular flexibility index (Phi) is 13.3. The molecule has 8 rings (SSSR count). The van der Waals surface area contributed by atoms with E-state index >= 15 is 0 Å². The molecule has 0 unspecified atom stereocenters. The summed E-state index contributed by atoms with van der Waals surface area (Å²) in [4.78, 5) is 75.5. The number of nitrogens with one attached hydrogen (secondary N) is 4. The highest BCUT2D eigenvalue weighted by Gasteiger charge is 2.41. The lowest BCUT2D eigenvalue weighted by atomic mass is 9.85. The van der Waals surface area contributed by atoms with Gasteiger partial charge in [0, 0.05) is 24.2 Å². The molecule has 352 valence electrons. The standard InChI is InChI=1S/C50H65N9O7/c1-28(2)42(55-48(63)65-7)46(61)57-23-9-11-40(57)44-51-34-19-13-30(25-36(34)53-44)38-21-22-39(59(38)33-17-15-32(16-18-33)50(5,6)27-60)31-14-20-35-37(26-31)54-45(52-35)41-12-10-24-58(41)47(62)43(29(3)4)56-49(64)66-8/h13-20,25-26,28-29,38-43,60H,9-12,21-24,27H2,1-8H3,(H,51,53)(H,52,54)(H,55,63)(H,56,64)/t38-,39-,40+,41+,42+,43+/m1/s1. The minimum atomic E-state index is -0.718. The predicted octanol–water partition coefficient (Wildman–Crippen LogP) is 7.88. The maximum absolute atomic E-state index is 13.9. The number of aromatic amines is 2. The van der Waals surface area contributed by atoms with Gasteiger partial charge in [-0.2, -0.15) is 0 Å². The molecule has 16 heteroatoms. The molecule has 3 aromatic carbocycles. The van der Waals surface area contributed by atoms with Gasteiger partial charge in [0.05, 0.1) is 67.1 Å². The average Bonchev–Trinajstić information content (AvgIpc) is 4.17. The molecule has 16 nitrogen and oxygen atoms in total. The average molecular weight is 904 g/mol. The number of amides is 4. The zero-order valence-electron chi connectivity index (χ0n) is 39.4. The van der Waals surface area contributed by atoms with Crippen molar-refractivity contribution in [1.82, 2.24) is 40.4 Å². The number of H-pyrrole nitrogens is 2. The second kappa shape index (κ2) is 19.0. The van der Waals surface area contributed by atoms with Gasteiger partial charge < -0.3 is 49.9 Å². The van der Waals surface area contributed by atoms with Gasteiger partial charge in [-0.15, -0.1) is 0 Å². The molecular formula is C50H65N9O7. The van der Waals surface area contributed by atoms with Gasteiger partial charge in [0.25, 0.3) is 0 Å². The smallest absolute Gasteiger partial charge is 0.407 e. The number of aromatic nitrogens is 4. The van der Waals surface area contributed by atoms with Crippen LogP contribution in [0.2, 0.25) is 0 Å². The highest BCUT2D eigenvalue weighted by atomic mass is 16.5. The van der Waals surface area contributed by atoms with Crippen LogP contribution in [0.25, 0.3) is 22.1 Å². The maximum atomic E-state index is 13.9. The van der Waals surface area contributed by atoms with E-state index in [1.54, 1.807) is 0 Å². The number of alkyl carbamates (subject to hydrolysis) is 2. The molecule has 3 fully saturated rings. The quantitative estimate of drug-likeness (QED) is 0.0775. The summed E-state index contributed by atoms with van der Waals surface area (Å²) in [6, 6.07) is 19.5. The molecular weight excluding hydrogens is 839 g/mol. The predicted molar refractivity (Wildman–Crippen MR) is 252 cm³/mol. The van der Waals surface area contributed by atoms with Gasteiger partial charge in [0.1, 0.15) is 23.7 Å². The number of aliphatic hydroxyl groups excluding tert-OH is 1. The SMILES string of the molecule is COC(=O)N[C@H](C(=O)N1CCC[C@H]1c1nc2ccc([C@H]3CC[C@H](c4ccc5nc([C@@H]6CCCN6C(=O)[C@@H](NC(=O)OC)C(C)C)[nH]c5c4)N3c3ccc(C(C)(C)CO)cc3)cc2[nH]1)C(C)C. The molecule has 0 bridgehead atoms. The number of hydrogen-bond donors (Lipinski definition) is 5. The van der Waals surface area contributed by atoms with E-state index in [9.17, 15) is 24.3 Å². The van der Waals surface area contributed by atoms with Crippen LogP contribution in [0.1, 0.15) is 133 Å². The second-order valence-corrected chi connectivity index (χ2v) is 19.5. The van der Waals surface area contributed by atoms with Gasteiger partial charge in [0.2, 0.25) is 11.8 Å². The Balaban J connectivity index is 1.09. The maximum Gasteiger partial charge on any atom is 0.407 e. The van der Waals surface area contributed by atoms with E-state index in [-0.39, 0.29) is 54.4 Å². The molecule has 5 heterocycles. The van der Waals surface area contributed by atoms with Crippen molar-refractivity contribution in [3.63, 3.8) is 0 Å². The van der Waals surface area contributed by atoms with Crippen molar-refractivity contribution in [3.8, 4) is 0 Å². The number of fused-ring (bicyclic) bond motifs is 2. The van der Waals surface area contributed by atoms with E-state index in [4.69, 9.17) is 19.4 Å². The van der Waals surface area contributed by atoms with Crippen molar-refractivity contribution < 1.29 is 33.8 Å². The van der Waals surface area contributed by atoms with Gasteiger partial charge in [-0.05, 0) is 103 Å². The largest absolute Gasteiger partial charge is 0.453 e. The number of rotatable bonds is 13. The van der Waals surface area contributed by atoms with Gasteiger partial charge in [0.15, 0.2) is 0 Å². The fraction of sp³-hybridized carbons (Fsp3) is 0.520. The Morgan fingerprint density at radius 2 is 1.12 bits per heavy atom. The third-order valence-corrected chi connectivity index (χ3v) is 14.0. The van der Waals surface area contributed by atoms with E-state index in [0.717, 1.165) is 94.6 Å².